The molecule has 3 rings (SSSR count). The lowest BCUT2D eigenvalue weighted by molar-refractivity contribution is -0.122. The summed E-state index contributed by atoms with van der Waals surface area (Å²) in [5, 5.41) is 2.94. The Balaban J connectivity index is 1.69. The summed E-state index contributed by atoms with van der Waals surface area (Å²) in [6.45, 7) is 4.43. The van der Waals surface area contributed by atoms with E-state index in [9.17, 15) is 4.79 Å². The van der Waals surface area contributed by atoms with Crippen LogP contribution < -0.4 is 14.8 Å². The van der Waals surface area contributed by atoms with Gasteiger partial charge in [0.2, 0.25) is 0 Å². The number of aryl methyl sites for hydroxylation is 2. The highest BCUT2D eigenvalue weighted by atomic mass is 16.5. The fraction of sp³-hybridized carbons (Fsp3) is 0.409. The van der Waals surface area contributed by atoms with Gasteiger partial charge in [0, 0.05) is 0 Å². The maximum atomic E-state index is 12.7. The van der Waals surface area contributed by atoms with Crippen LogP contribution in [0.25, 0.3) is 0 Å². The molecule has 2 aromatic rings. The highest BCUT2D eigenvalue weighted by Crippen LogP contribution is 2.27. The molecule has 2 aromatic carbocycles. The minimum atomic E-state index is -0.536. The van der Waals surface area contributed by atoms with Gasteiger partial charge in [-0.25, -0.2) is 0 Å². The van der Waals surface area contributed by atoms with Crippen LogP contribution in [0.1, 0.15) is 44.2 Å². The number of rotatable bonds is 7. The highest BCUT2D eigenvalue weighted by molar-refractivity contribution is 5.95. The minimum absolute atomic E-state index is 0.155. The van der Waals surface area contributed by atoms with Crippen molar-refractivity contribution in [1.29, 1.82) is 0 Å². The number of nitrogens with one attached hydrogen (secondary N) is 1. The summed E-state index contributed by atoms with van der Waals surface area (Å²) in [7, 11) is 0. The monoisotopic (exact) mass is 353 g/mol. The van der Waals surface area contributed by atoms with E-state index in [1.165, 1.54) is 24.0 Å². The van der Waals surface area contributed by atoms with Crippen molar-refractivity contribution in [2.45, 2.75) is 52.1 Å². The number of carbonyl (C=O) groups is 1. The Hall–Kier alpha value is -2.49. The molecule has 1 atom stereocenters. The molecule has 4 heteroatoms. The molecule has 0 saturated heterocycles. The highest BCUT2D eigenvalue weighted by Gasteiger charge is 2.20. The number of amides is 1. The molecule has 0 radical (unpaired) electrons. The van der Waals surface area contributed by atoms with Crippen LogP contribution in [0.2, 0.25) is 0 Å². The van der Waals surface area contributed by atoms with E-state index >= 15 is 0 Å². The van der Waals surface area contributed by atoms with Crippen LogP contribution in [0.15, 0.2) is 42.5 Å². The van der Waals surface area contributed by atoms with Crippen molar-refractivity contribution in [3.05, 3.63) is 53.6 Å². The summed E-state index contributed by atoms with van der Waals surface area (Å²) in [5.74, 6) is 1.29. The second-order valence-corrected chi connectivity index (χ2v) is 6.57. The van der Waals surface area contributed by atoms with E-state index in [-0.39, 0.29) is 5.91 Å². The zero-order valence-electron chi connectivity index (χ0n) is 15.6. The lowest BCUT2D eigenvalue weighted by atomic mass is 9.92. The zero-order chi connectivity index (χ0) is 18.4. The number of para-hydroxylation sites is 2. The number of benzene rings is 2. The number of ether oxygens (including phenoxy) is 2. The topological polar surface area (TPSA) is 47.6 Å². The van der Waals surface area contributed by atoms with Crippen LogP contribution in [0, 0.1) is 0 Å². The van der Waals surface area contributed by atoms with Crippen molar-refractivity contribution in [2.24, 2.45) is 0 Å². The predicted octanol–water partition coefficient (Wildman–Crippen LogP) is 4.76. The van der Waals surface area contributed by atoms with Crippen molar-refractivity contribution < 1.29 is 14.3 Å². The van der Waals surface area contributed by atoms with E-state index in [1.54, 1.807) is 0 Å². The number of hydrogen-bond donors (Lipinski definition) is 1. The summed E-state index contributed by atoms with van der Waals surface area (Å²) in [4.78, 5) is 12.7. The lowest BCUT2D eigenvalue weighted by Gasteiger charge is -2.21. The molecule has 26 heavy (non-hydrogen) atoms. The van der Waals surface area contributed by atoms with Gasteiger partial charge in [-0.05, 0) is 74.4 Å². The average molecular weight is 353 g/mol. The molecule has 1 amide bonds. The van der Waals surface area contributed by atoms with Crippen molar-refractivity contribution >= 4 is 11.6 Å². The Morgan fingerprint density at radius 1 is 1.08 bits per heavy atom. The normalized spacial score (nSPS) is 14.2. The molecule has 0 fully saturated rings. The Labute approximate surface area is 155 Å². The third-order valence-corrected chi connectivity index (χ3v) is 4.71. The van der Waals surface area contributed by atoms with E-state index < -0.39 is 6.10 Å². The zero-order valence-corrected chi connectivity index (χ0v) is 15.6. The second-order valence-electron chi connectivity index (χ2n) is 6.57. The van der Waals surface area contributed by atoms with E-state index in [4.69, 9.17) is 9.47 Å². The molecule has 0 spiro atoms. The largest absolute Gasteiger partial charge is 0.492 e. The molecule has 1 aliphatic rings. The number of anilines is 1. The third-order valence-electron chi connectivity index (χ3n) is 4.71. The summed E-state index contributed by atoms with van der Waals surface area (Å²) in [6, 6.07) is 13.7. The summed E-state index contributed by atoms with van der Waals surface area (Å²) in [6.07, 6.45) is 4.78. The Morgan fingerprint density at radius 2 is 1.85 bits per heavy atom. The van der Waals surface area contributed by atoms with Crippen LogP contribution in [0.5, 0.6) is 11.5 Å². The van der Waals surface area contributed by atoms with E-state index in [1.807, 2.05) is 44.2 Å². The maximum absolute atomic E-state index is 12.7. The predicted molar refractivity (Wildman–Crippen MR) is 104 cm³/mol. The molecule has 0 unspecified atom stereocenters. The van der Waals surface area contributed by atoms with Crippen LogP contribution in [0.4, 0.5) is 5.69 Å². The average Bonchev–Trinajstić information content (AvgIpc) is 2.67. The molecule has 0 bridgehead atoms. The number of hydrogen-bond acceptors (Lipinski definition) is 3. The molecule has 0 heterocycles. The van der Waals surface area contributed by atoms with Crippen LogP contribution in [-0.2, 0) is 17.6 Å². The molecule has 1 N–H and O–H groups in total. The van der Waals surface area contributed by atoms with Crippen LogP contribution in [-0.4, -0.2) is 18.6 Å². The maximum Gasteiger partial charge on any atom is 0.265 e. The van der Waals surface area contributed by atoms with Gasteiger partial charge < -0.3 is 14.8 Å². The van der Waals surface area contributed by atoms with E-state index in [0.29, 0.717) is 24.5 Å². The molecule has 1 aliphatic carbocycles. The first-order valence-corrected chi connectivity index (χ1v) is 9.52. The molecular weight excluding hydrogens is 326 g/mol. The summed E-state index contributed by atoms with van der Waals surface area (Å²) >= 11 is 0. The minimum Gasteiger partial charge on any atom is -0.492 e. The first-order chi connectivity index (χ1) is 12.7. The van der Waals surface area contributed by atoms with Gasteiger partial charge in [0.05, 0.1) is 12.3 Å². The first kappa shape index (κ1) is 18.3. The van der Waals surface area contributed by atoms with Crippen molar-refractivity contribution in [2.75, 3.05) is 11.9 Å². The Morgan fingerprint density at radius 3 is 2.62 bits per heavy atom. The first-order valence-electron chi connectivity index (χ1n) is 9.52. The molecular formula is C22H27NO3. The molecule has 138 valence electrons. The lowest BCUT2D eigenvalue weighted by Crippen LogP contribution is -2.32. The fourth-order valence-corrected chi connectivity index (χ4v) is 3.33. The van der Waals surface area contributed by atoms with Gasteiger partial charge in [-0.3, -0.25) is 4.79 Å². The van der Waals surface area contributed by atoms with Gasteiger partial charge in [0.25, 0.3) is 5.91 Å². The van der Waals surface area contributed by atoms with Gasteiger partial charge in [-0.1, -0.05) is 25.1 Å². The number of fused-ring (bicyclic) bond motifs is 1. The SMILES string of the molecule is CCOc1ccccc1NC(=O)[C@H](CC)Oc1ccc2c(c1)CCCC2. The van der Waals surface area contributed by atoms with E-state index in [2.05, 4.69) is 17.4 Å². The standard InChI is InChI=1S/C22H27NO3/c1-3-20(22(24)23-19-11-7-8-12-21(19)25-4-2)26-18-14-13-16-9-5-6-10-17(16)15-18/h7-8,11-15,20H,3-6,9-10H2,1-2H3,(H,23,24)/t20-/m0/s1. The fourth-order valence-electron chi connectivity index (χ4n) is 3.33. The smallest absolute Gasteiger partial charge is 0.265 e. The van der Waals surface area contributed by atoms with Gasteiger partial charge in [0.1, 0.15) is 11.5 Å². The Kier molecular flexibility index (Phi) is 6.16. The number of carbonyl (C=O) groups excluding carboxylic acids is 1. The molecule has 0 aliphatic heterocycles. The van der Waals surface area contributed by atoms with Crippen molar-refractivity contribution in [3.8, 4) is 11.5 Å². The van der Waals surface area contributed by atoms with Crippen LogP contribution >= 0.6 is 0 Å². The van der Waals surface area contributed by atoms with Gasteiger partial charge in [-0.15, -0.1) is 0 Å². The molecule has 4 nitrogen and oxygen atoms in total. The van der Waals surface area contributed by atoms with E-state index in [0.717, 1.165) is 18.6 Å². The van der Waals surface area contributed by atoms with Crippen molar-refractivity contribution in [1.82, 2.24) is 0 Å². The molecule has 0 saturated carbocycles. The summed E-state index contributed by atoms with van der Waals surface area (Å²) < 4.78 is 11.6. The summed E-state index contributed by atoms with van der Waals surface area (Å²) in [5.41, 5.74) is 3.43. The van der Waals surface area contributed by atoms with Gasteiger partial charge >= 0.3 is 0 Å². The van der Waals surface area contributed by atoms with Crippen molar-refractivity contribution in [3.63, 3.8) is 0 Å². The van der Waals surface area contributed by atoms with Gasteiger partial charge in [-0.2, -0.15) is 0 Å². The quantitative estimate of drug-likeness (QED) is 0.781. The van der Waals surface area contributed by atoms with Crippen LogP contribution in [0.3, 0.4) is 0 Å². The Bertz CT molecular complexity index is 757. The third kappa shape index (κ3) is 4.37. The second kappa shape index (κ2) is 8.75. The van der Waals surface area contributed by atoms with Gasteiger partial charge in [0.15, 0.2) is 6.10 Å². The molecule has 0 aromatic heterocycles.